The number of benzene rings is 3. The molecule has 0 saturated carbocycles. The van der Waals surface area contributed by atoms with Crippen molar-refractivity contribution in [3.05, 3.63) is 108 Å². The van der Waals surface area contributed by atoms with Gasteiger partial charge in [0.15, 0.2) is 0 Å². The van der Waals surface area contributed by atoms with E-state index in [-0.39, 0.29) is 24.4 Å². The quantitative estimate of drug-likeness (QED) is 0.363. The molecule has 3 aromatic carbocycles. The number of carbonyl (C=O) groups excluding carboxylic acids is 2. The van der Waals surface area contributed by atoms with Crippen LogP contribution >= 0.6 is 0 Å². The highest BCUT2D eigenvalue weighted by molar-refractivity contribution is 6.00. The van der Waals surface area contributed by atoms with E-state index in [0.29, 0.717) is 24.4 Å². The number of rotatable bonds is 8. The second-order valence-corrected chi connectivity index (χ2v) is 8.40. The van der Waals surface area contributed by atoms with Gasteiger partial charge >= 0.3 is 0 Å². The molecule has 0 fully saturated rings. The highest BCUT2D eigenvalue weighted by atomic mass is 16.3. The van der Waals surface area contributed by atoms with Gasteiger partial charge in [0.05, 0.1) is 12.8 Å². The van der Waals surface area contributed by atoms with Crippen molar-refractivity contribution in [3.63, 3.8) is 0 Å². The zero-order chi connectivity index (χ0) is 23.2. The monoisotopic (exact) mass is 440 g/mol. The van der Waals surface area contributed by atoms with Gasteiger partial charge in [-0.2, -0.15) is 0 Å². The Morgan fingerprint density at radius 2 is 1.55 bits per heavy atom. The standard InChI is InChI=1S/C28H28N2O3/c1-21(2)30(28(32)25-15-14-23-11-6-7-12-24(23)17-25)20-27(31)29(19-26-13-8-16-33-26)18-22-9-4-3-5-10-22/h3-17,21H,18-20H2,1-2H3. The molecule has 1 heterocycles. The van der Waals surface area contributed by atoms with E-state index in [9.17, 15) is 9.59 Å². The molecular formula is C28H28N2O3. The maximum absolute atomic E-state index is 13.4. The molecule has 0 spiro atoms. The van der Waals surface area contributed by atoms with E-state index in [1.165, 1.54) is 0 Å². The third-order valence-electron chi connectivity index (χ3n) is 5.68. The Balaban J connectivity index is 1.55. The number of fused-ring (bicyclic) bond motifs is 1. The number of nitrogens with zero attached hydrogens (tertiary/aromatic N) is 2. The molecule has 0 unspecified atom stereocenters. The van der Waals surface area contributed by atoms with Crippen molar-refractivity contribution < 1.29 is 14.0 Å². The van der Waals surface area contributed by atoms with Gasteiger partial charge in [-0.1, -0.05) is 60.7 Å². The molecule has 0 N–H and O–H groups in total. The average molecular weight is 441 g/mol. The minimum Gasteiger partial charge on any atom is -0.467 e. The zero-order valence-electron chi connectivity index (χ0n) is 19.0. The van der Waals surface area contributed by atoms with E-state index in [0.717, 1.165) is 16.3 Å². The zero-order valence-corrected chi connectivity index (χ0v) is 19.0. The Labute approximate surface area is 194 Å². The molecular weight excluding hydrogens is 412 g/mol. The summed E-state index contributed by atoms with van der Waals surface area (Å²) < 4.78 is 5.49. The van der Waals surface area contributed by atoms with Gasteiger partial charge in [-0.15, -0.1) is 0 Å². The first kappa shape index (κ1) is 22.3. The average Bonchev–Trinajstić information content (AvgIpc) is 3.35. The minimum atomic E-state index is -0.151. The first-order chi connectivity index (χ1) is 16.0. The molecule has 5 heteroatoms. The van der Waals surface area contributed by atoms with Crippen molar-refractivity contribution in [2.75, 3.05) is 6.54 Å². The van der Waals surface area contributed by atoms with E-state index in [1.54, 1.807) is 16.1 Å². The summed E-state index contributed by atoms with van der Waals surface area (Å²) in [6.45, 7) is 4.64. The molecule has 5 nitrogen and oxygen atoms in total. The van der Waals surface area contributed by atoms with Crippen LogP contribution < -0.4 is 0 Å². The van der Waals surface area contributed by atoms with Crippen LogP contribution in [0, 0.1) is 0 Å². The number of carbonyl (C=O) groups is 2. The van der Waals surface area contributed by atoms with E-state index in [4.69, 9.17) is 4.42 Å². The van der Waals surface area contributed by atoms with E-state index in [1.807, 2.05) is 98.8 Å². The van der Waals surface area contributed by atoms with Crippen molar-refractivity contribution in [1.29, 1.82) is 0 Å². The summed E-state index contributed by atoms with van der Waals surface area (Å²) in [5.41, 5.74) is 1.60. The normalized spacial score (nSPS) is 11.0. The van der Waals surface area contributed by atoms with Crippen LogP contribution in [0.3, 0.4) is 0 Å². The predicted octanol–water partition coefficient (Wildman–Crippen LogP) is 5.51. The molecule has 0 aliphatic carbocycles. The highest BCUT2D eigenvalue weighted by Gasteiger charge is 2.25. The SMILES string of the molecule is CC(C)N(CC(=O)N(Cc1ccccc1)Cc1ccco1)C(=O)c1ccc2ccccc2c1. The first-order valence-corrected chi connectivity index (χ1v) is 11.1. The van der Waals surface area contributed by atoms with Crippen molar-refractivity contribution in [2.45, 2.75) is 33.0 Å². The summed E-state index contributed by atoms with van der Waals surface area (Å²) in [6, 6.07) is 27.0. The van der Waals surface area contributed by atoms with Gasteiger partial charge in [0.2, 0.25) is 5.91 Å². The van der Waals surface area contributed by atoms with Crippen LogP contribution in [-0.4, -0.2) is 34.2 Å². The van der Waals surface area contributed by atoms with Gasteiger partial charge < -0.3 is 14.2 Å². The highest BCUT2D eigenvalue weighted by Crippen LogP contribution is 2.19. The Kier molecular flexibility index (Phi) is 6.89. The molecule has 0 bridgehead atoms. The topological polar surface area (TPSA) is 53.8 Å². The van der Waals surface area contributed by atoms with Gasteiger partial charge in [-0.25, -0.2) is 0 Å². The maximum atomic E-state index is 13.4. The van der Waals surface area contributed by atoms with E-state index >= 15 is 0 Å². The molecule has 168 valence electrons. The van der Waals surface area contributed by atoms with Crippen molar-refractivity contribution >= 4 is 22.6 Å². The van der Waals surface area contributed by atoms with Crippen LogP contribution in [0.25, 0.3) is 10.8 Å². The summed E-state index contributed by atoms with van der Waals surface area (Å²) in [5.74, 6) is 0.427. The summed E-state index contributed by atoms with van der Waals surface area (Å²) in [5, 5.41) is 2.08. The van der Waals surface area contributed by atoms with Crippen molar-refractivity contribution in [1.82, 2.24) is 9.80 Å². The van der Waals surface area contributed by atoms with E-state index < -0.39 is 0 Å². The smallest absolute Gasteiger partial charge is 0.254 e. The maximum Gasteiger partial charge on any atom is 0.254 e. The van der Waals surface area contributed by atoms with Crippen molar-refractivity contribution in [2.24, 2.45) is 0 Å². The molecule has 0 saturated heterocycles. The fraction of sp³-hybridized carbons (Fsp3) is 0.214. The van der Waals surface area contributed by atoms with Gasteiger partial charge in [-0.3, -0.25) is 9.59 Å². The Bertz CT molecular complexity index is 1220. The number of furan rings is 1. The van der Waals surface area contributed by atoms with Gasteiger partial charge in [0.1, 0.15) is 12.3 Å². The summed E-state index contributed by atoms with van der Waals surface area (Å²) >= 11 is 0. The molecule has 0 atom stereocenters. The van der Waals surface area contributed by atoms with E-state index in [2.05, 4.69) is 0 Å². The fourth-order valence-corrected chi connectivity index (χ4v) is 3.85. The van der Waals surface area contributed by atoms with Crippen LogP contribution in [0.15, 0.2) is 95.6 Å². The molecule has 0 radical (unpaired) electrons. The molecule has 0 aliphatic rings. The largest absolute Gasteiger partial charge is 0.467 e. The van der Waals surface area contributed by atoms with Gasteiger partial charge in [0.25, 0.3) is 5.91 Å². The van der Waals surface area contributed by atoms with Crippen molar-refractivity contribution in [3.8, 4) is 0 Å². The fourth-order valence-electron chi connectivity index (χ4n) is 3.85. The van der Waals surface area contributed by atoms with Gasteiger partial charge in [-0.05, 0) is 54.4 Å². The molecule has 33 heavy (non-hydrogen) atoms. The second-order valence-electron chi connectivity index (χ2n) is 8.40. The lowest BCUT2D eigenvalue weighted by atomic mass is 10.1. The van der Waals surface area contributed by atoms with Crippen LogP contribution in [0.5, 0.6) is 0 Å². The molecule has 4 aromatic rings. The van der Waals surface area contributed by atoms with Crippen LogP contribution in [0.2, 0.25) is 0 Å². The Morgan fingerprint density at radius 3 is 2.24 bits per heavy atom. The molecule has 0 aliphatic heterocycles. The number of amides is 2. The van der Waals surface area contributed by atoms with Gasteiger partial charge in [0, 0.05) is 18.2 Å². The lowest BCUT2D eigenvalue weighted by Crippen LogP contribution is -2.45. The second kappa shape index (κ2) is 10.2. The minimum absolute atomic E-state index is 0.00311. The number of hydrogen-bond acceptors (Lipinski definition) is 3. The van der Waals surface area contributed by atoms with Crippen LogP contribution in [0.4, 0.5) is 0 Å². The summed E-state index contributed by atoms with van der Waals surface area (Å²) in [6.07, 6.45) is 1.60. The third kappa shape index (κ3) is 5.50. The third-order valence-corrected chi connectivity index (χ3v) is 5.68. The Hall–Kier alpha value is -3.86. The summed E-state index contributed by atoms with van der Waals surface area (Å²) in [7, 11) is 0. The molecule has 1 aromatic heterocycles. The lowest BCUT2D eigenvalue weighted by Gasteiger charge is -2.30. The predicted molar refractivity (Wildman–Crippen MR) is 130 cm³/mol. The lowest BCUT2D eigenvalue weighted by molar-refractivity contribution is -0.133. The first-order valence-electron chi connectivity index (χ1n) is 11.1. The number of hydrogen-bond donors (Lipinski definition) is 0. The molecule has 4 rings (SSSR count). The van der Waals surface area contributed by atoms with Crippen LogP contribution in [0.1, 0.15) is 35.5 Å². The van der Waals surface area contributed by atoms with Crippen LogP contribution in [-0.2, 0) is 17.9 Å². The summed E-state index contributed by atoms with van der Waals surface area (Å²) in [4.78, 5) is 30.2. The Morgan fingerprint density at radius 1 is 0.818 bits per heavy atom. The molecule has 2 amide bonds.